The number of hydrogen-bond donors (Lipinski definition) is 3. The summed E-state index contributed by atoms with van der Waals surface area (Å²) in [6, 6.07) is 18.0. The number of ketones is 2. The van der Waals surface area contributed by atoms with Gasteiger partial charge in [-0.2, -0.15) is 0 Å². The molecule has 180 valence electrons. The molecule has 35 heavy (non-hydrogen) atoms. The molecule has 0 saturated heterocycles. The number of benzene rings is 3. The van der Waals surface area contributed by atoms with E-state index in [0.29, 0.717) is 60.3 Å². The van der Waals surface area contributed by atoms with Crippen LogP contribution in [0.2, 0.25) is 0 Å². The first-order chi connectivity index (χ1) is 16.8. The Kier molecular flexibility index (Phi) is 7.06. The summed E-state index contributed by atoms with van der Waals surface area (Å²) in [7, 11) is 0. The number of fused-ring (bicyclic) bond motifs is 1. The highest BCUT2D eigenvalue weighted by molar-refractivity contribution is 6.17. The van der Waals surface area contributed by atoms with Gasteiger partial charge >= 0.3 is 0 Å². The van der Waals surface area contributed by atoms with Gasteiger partial charge in [0.1, 0.15) is 29.5 Å². The largest absolute Gasteiger partial charge is 0.504 e. The van der Waals surface area contributed by atoms with Crippen LogP contribution in [0.15, 0.2) is 65.1 Å². The molecule has 0 bridgehead atoms. The van der Waals surface area contributed by atoms with E-state index in [-0.39, 0.29) is 34.3 Å². The van der Waals surface area contributed by atoms with E-state index in [0.717, 1.165) is 5.56 Å². The lowest BCUT2D eigenvalue weighted by Crippen LogP contribution is -2.06. The minimum absolute atomic E-state index is 0.0285. The van der Waals surface area contributed by atoms with Crippen LogP contribution in [0.1, 0.15) is 53.4 Å². The summed E-state index contributed by atoms with van der Waals surface area (Å²) in [5, 5.41) is 10.5. The normalized spacial score (nSPS) is 11.0. The third-order valence-electron chi connectivity index (χ3n) is 5.82. The standard InChI is InChI=1S/C28H28N2O5/c1-17(31)7-5-6-10-24-26(27(32)19-13-22(29)28(33)23(30)14-19)21-12-11-20(15-25(21)35-24)34-16-18-8-3-2-4-9-18/h2-4,8-9,11-15,33H,5-7,10,16,29-30H2,1H3. The zero-order valence-corrected chi connectivity index (χ0v) is 19.5. The number of aryl methyl sites for hydroxylation is 1. The van der Waals surface area contributed by atoms with Crippen LogP contribution < -0.4 is 16.2 Å². The third-order valence-corrected chi connectivity index (χ3v) is 5.82. The minimum Gasteiger partial charge on any atom is -0.504 e. The van der Waals surface area contributed by atoms with Crippen LogP contribution in [-0.2, 0) is 17.8 Å². The number of nitrogen functional groups attached to an aromatic ring is 2. The fourth-order valence-electron chi connectivity index (χ4n) is 4.00. The Balaban J connectivity index is 1.67. The number of furan rings is 1. The minimum atomic E-state index is -0.304. The molecule has 0 aliphatic heterocycles. The molecule has 0 aliphatic rings. The van der Waals surface area contributed by atoms with Crippen molar-refractivity contribution in [2.24, 2.45) is 0 Å². The summed E-state index contributed by atoms with van der Waals surface area (Å²) in [6.45, 7) is 1.97. The molecule has 1 aromatic heterocycles. The number of phenols is 1. The van der Waals surface area contributed by atoms with Gasteiger partial charge < -0.3 is 30.5 Å². The number of carbonyl (C=O) groups excluding carboxylic acids is 2. The van der Waals surface area contributed by atoms with Crippen LogP contribution in [0.5, 0.6) is 11.5 Å². The molecule has 0 unspecified atom stereocenters. The molecule has 0 radical (unpaired) electrons. The van der Waals surface area contributed by atoms with Crippen molar-refractivity contribution >= 4 is 33.9 Å². The zero-order chi connectivity index (χ0) is 24.9. The molecule has 0 saturated carbocycles. The van der Waals surface area contributed by atoms with Gasteiger partial charge in [0.05, 0.1) is 16.9 Å². The molecule has 7 heteroatoms. The summed E-state index contributed by atoms with van der Waals surface area (Å²) in [4.78, 5) is 24.9. The fraction of sp³-hybridized carbons (Fsp3) is 0.214. The van der Waals surface area contributed by atoms with Crippen LogP contribution in [0.25, 0.3) is 11.0 Å². The van der Waals surface area contributed by atoms with Crippen molar-refractivity contribution in [3.63, 3.8) is 0 Å². The zero-order valence-electron chi connectivity index (χ0n) is 19.5. The van der Waals surface area contributed by atoms with Crippen molar-refractivity contribution in [2.75, 3.05) is 11.5 Å². The Morgan fingerprint density at radius 2 is 1.69 bits per heavy atom. The Bertz CT molecular complexity index is 1350. The lowest BCUT2D eigenvalue weighted by molar-refractivity contribution is -0.117. The number of carbonyl (C=O) groups is 2. The predicted octanol–water partition coefficient (Wildman–Crippen LogP) is 5.41. The first-order valence-corrected chi connectivity index (χ1v) is 11.5. The van der Waals surface area contributed by atoms with E-state index in [4.69, 9.17) is 20.6 Å². The average molecular weight is 473 g/mol. The maximum Gasteiger partial charge on any atom is 0.197 e. The first kappa shape index (κ1) is 23.9. The lowest BCUT2D eigenvalue weighted by atomic mass is 9.97. The average Bonchev–Trinajstić information content (AvgIpc) is 3.21. The van der Waals surface area contributed by atoms with Gasteiger partial charge in [-0.25, -0.2) is 0 Å². The highest BCUT2D eigenvalue weighted by atomic mass is 16.5. The lowest BCUT2D eigenvalue weighted by Gasteiger charge is -2.08. The van der Waals surface area contributed by atoms with Crippen LogP contribution in [0, 0.1) is 0 Å². The molecule has 0 amide bonds. The van der Waals surface area contributed by atoms with Gasteiger partial charge in [-0.05, 0) is 49.6 Å². The summed E-state index contributed by atoms with van der Waals surface area (Å²) >= 11 is 0. The van der Waals surface area contributed by atoms with E-state index in [9.17, 15) is 14.7 Å². The highest BCUT2D eigenvalue weighted by Crippen LogP contribution is 2.35. The second-order valence-corrected chi connectivity index (χ2v) is 8.57. The topological polar surface area (TPSA) is 129 Å². The van der Waals surface area contributed by atoms with Gasteiger partial charge in [0.2, 0.25) is 0 Å². The number of Topliss-reactive ketones (excluding diaryl/α,β-unsaturated/α-hetero) is 1. The molecular formula is C28H28N2O5. The van der Waals surface area contributed by atoms with Crippen LogP contribution in [0.4, 0.5) is 11.4 Å². The molecule has 7 nitrogen and oxygen atoms in total. The summed E-state index contributed by atoms with van der Waals surface area (Å²) in [6.07, 6.45) is 2.36. The van der Waals surface area contributed by atoms with Crippen molar-refractivity contribution in [2.45, 2.75) is 39.2 Å². The smallest absolute Gasteiger partial charge is 0.197 e. The van der Waals surface area contributed by atoms with Crippen LogP contribution >= 0.6 is 0 Å². The summed E-state index contributed by atoms with van der Waals surface area (Å²) in [5.74, 6) is 0.723. The monoisotopic (exact) mass is 472 g/mol. The summed E-state index contributed by atoms with van der Waals surface area (Å²) < 4.78 is 12.0. The van der Waals surface area contributed by atoms with Crippen molar-refractivity contribution < 1.29 is 23.8 Å². The second-order valence-electron chi connectivity index (χ2n) is 8.57. The van der Waals surface area contributed by atoms with E-state index in [1.807, 2.05) is 30.3 Å². The van der Waals surface area contributed by atoms with Gasteiger partial charge in [0, 0.05) is 29.9 Å². The van der Waals surface area contributed by atoms with Crippen LogP contribution in [0.3, 0.4) is 0 Å². The highest BCUT2D eigenvalue weighted by Gasteiger charge is 2.23. The number of hydrogen-bond acceptors (Lipinski definition) is 7. The molecule has 0 spiro atoms. The molecule has 4 rings (SSSR count). The van der Waals surface area contributed by atoms with E-state index in [2.05, 4.69) is 0 Å². The first-order valence-electron chi connectivity index (χ1n) is 11.5. The number of ether oxygens (including phenoxy) is 1. The molecule has 0 atom stereocenters. The SMILES string of the molecule is CC(=O)CCCCc1oc2cc(OCc3ccccc3)ccc2c1C(=O)c1cc(N)c(O)c(N)c1. The van der Waals surface area contributed by atoms with Crippen molar-refractivity contribution in [1.82, 2.24) is 0 Å². The maximum absolute atomic E-state index is 13.6. The molecule has 4 aromatic rings. The quantitative estimate of drug-likeness (QED) is 0.122. The number of nitrogens with two attached hydrogens (primary N) is 2. The number of rotatable bonds is 10. The number of phenolic OH excluding ortho intramolecular Hbond substituents is 1. The Labute approximate surface area is 203 Å². The van der Waals surface area contributed by atoms with E-state index < -0.39 is 0 Å². The van der Waals surface area contributed by atoms with Gasteiger partial charge in [-0.15, -0.1) is 0 Å². The molecular weight excluding hydrogens is 444 g/mol. The summed E-state index contributed by atoms with van der Waals surface area (Å²) in [5.41, 5.74) is 14.0. The van der Waals surface area contributed by atoms with Gasteiger partial charge in [-0.1, -0.05) is 30.3 Å². The van der Waals surface area contributed by atoms with Crippen LogP contribution in [-0.4, -0.2) is 16.7 Å². The molecule has 1 heterocycles. The van der Waals surface area contributed by atoms with Gasteiger partial charge in [0.25, 0.3) is 0 Å². The molecule has 0 aliphatic carbocycles. The number of aromatic hydroxyl groups is 1. The molecule has 0 fully saturated rings. The van der Waals surface area contributed by atoms with E-state index in [1.54, 1.807) is 25.1 Å². The Hall–Kier alpha value is -4.26. The maximum atomic E-state index is 13.6. The van der Waals surface area contributed by atoms with Crippen molar-refractivity contribution in [1.29, 1.82) is 0 Å². The number of unbranched alkanes of at least 4 members (excludes halogenated alkanes) is 1. The van der Waals surface area contributed by atoms with Gasteiger partial charge in [-0.3, -0.25) is 4.79 Å². The van der Waals surface area contributed by atoms with Crippen molar-refractivity contribution in [3.05, 3.63) is 83.1 Å². The van der Waals surface area contributed by atoms with Crippen molar-refractivity contribution in [3.8, 4) is 11.5 Å². The molecule has 3 aromatic carbocycles. The van der Waals surface area contributed by atoms with E-state index >= 15 is 0 Å². The molecule has 5 N–H and O–H groups in total. The predicted molar refractivity (Wildman–Crippen MR) is 136 cm³/mol. The Morgan fingerprint density at radius 1 is 0.971 bits per heavy atom. The fourth-order valence-corrected chi connectivity index (χ4v) is 4.00. The number of anilines is 2. The van der Waals surface area contributed by atoms with E-state index in [1.165, 1.54) is 12.1 Å². The second kappa shape index (κ2) is 10.3. The van der Waals surface area contributed by atoms with Gasteiger partial charge in [0.15, 0.2) is 11.5 Å². The Morgan fingerprint density at radius 3 is 2.37 bits per heavy atom. The third kappa shape index (κ3) is 5.46.